The molecule has 1 aromatic heterocycles. The largest absolute Gasteiger partial charge is 0.337 e. The van der Waals surface area contributed by atoms with E-state index in [1.165, 1.54) is 0 Å². The lowest BCUT2D eigenvalue weighted by Crippen LogP contribution is -2.50. The van der Waals surface area contributed by atoms with Gasteiger partial charge in [0.15, 0.2) is 0 Å². The van der Waals surface area contributed by atoms with Crippen LogP contribution in [0.5, 0.6) is 0 Å². The van der Waals surface area contributed by atoms with Crippen LogP contribution < -0.4 is 10.6 Å². The van der Waals surface area contributed by atoms with Gasteiger partial charge >= 0.3 is 6.03 Å². The van der Waals surface area contributed by atoms with Crippen LogP contribution in [0.25, 0.3) is 0 Å². The second kappa shape index (κ2) is 7.59. The van der Waals surface area contributed by atoms with E-state index in [4.69, 9.17) is 0 Å². The third-order valence-electron chi connectivity index (χ3n) is 3.97. The van der Waals surface area contributed by atoms with Crippen molar-refractivity contribution in [1.29, 1.82) is 0 Å². The van der Waals surface area contributed by atoms with Gasteiger partial charge in [0, 0.05) is 30.9 Å². The minimum Gasteiger partial charge on any atom is -0.337 e. The Morgan fingerprint density at radius 1 is 1.08 bits per heavy atom. The van der Waals surface area contributed by atoms with Crippen molar-refractivity contribution in [1.82, 2.24) is 15.2 Å². The third-order valence-corrected chi connectivity index (χ3v) is 3.97. The highest BCUT2D eigenvalue weighted by Crippen LogP contribution is 2.14. The zero-order valence-corrected chi connectivity index (χ0v) is 13.3. The number of aromatic nitrogens is 1. The Labute approximate surface area is 140 Å². The standard InChI is InChI=1S/C18H20N4O2/c23-17(14-7-2-1-3-8-14)22-12-6-9-15(13-22)20-18(24)21-16-10-4-5-11-19-16/h1-5,7-8,10-11,15H,6,9,12-13H2,(H2,19,20,21,24)/t15-/m1/s1. The van der Waals surface area contributed by atoms with E-state index in [1.54, 1.807) is 23.2 Å². The number of hydrogen-bond donors (Lipinski definition) is 2. The lowest BCUT2D eigenvalue weighted by molar-refractivity contribution is 0.0698. The second-order valence-corrected chi connectivity index (χ2v) is 5.77. The van der Waals surface area contributed by atoms with Gasteiger partial charge in [-0.15, -0.1) is 0 Å². The summed E-state index contributed by atoms with van der Waals surface area (Å²) in [5.41, 5.74) is 0.677. The van der Waals surface area contributed by atoms with E-state index in [0.29, 0.717) is 24.5 Å². The summed E-state index contributed by atoms with van der Waals surface area (Å²) < 4.78 is 0. The molecule has 6 heteroatoms. The van der Waals surface area contributed by atoms with Crippen molar-refractivity contribution in [2.24, 2.45) is 0 Å². The number of amides is 3. The Balaban J connectivity index is 1.55. The molecule has 0 unspecified atom stereocenters. The van der Waals surface area contributed by atoms with Crippen molar-refractivity contribution in [3.05, 3.63) is 60.3 Å². The van der Waals surface area contributed by atoms with Crippen molar-refractivity contribution in [2.75, 3.05) is 18.4 Å². The molecule has 0 radical (unpaired) electrons. The Bertz CT molecular complexity index is 691. The lowest BCUT2D eigenvalue weighted by Gasteiger charge is -2.33. The van der Waals surface area contributed by atoms with Gasteiger partial charge in [-0.05, 0) is 37.1 Å². The number of nitrogens with one attached hydrogen (secondary N) is 2. The molecule has 6 nitrogen and oxygen atoms in total. The molecule has 3 amide bonds. The number of carbonyl (C=O) groups is 2. The molecule has 2 heterocycles. The molecule has 1 aromatic carbocycles. The highest BCUT2D eigenvalue weighted by Gasteiger charge is 2.25. The number of piperidine rings is 1. The Morgan fingerprint density at radius 2 is 1.88 bits per heavy atom. The Morgan fingerprint density at radius 3 is 2.62 bits per heavy atom. The molecule has 0 saturated carbocycles. The summed E-state index contributed by atoms with van der Waals surface area (Å²) in [5.74, 6) is 0.510. The van der Waals surface area contributed by atoms with E-state index < -0.39 is 0 Å². The van der Waals surface area contributed by atoms with Crippen molar-refractivity contribution in [2.45, 2.75) is 18.9 Å². The van der Waals surface area contributed by atoms with Gasteiger partial charge in [-0.25, -0.2) is 9.78 Å². The van der Waals surface area contributed by atoms with Gasteiger partial charge < -0.3 is 10.2 Å². The summed E-state index contributed by atoms with van der Waals surface area (Å²) in [4.78, 5) is 30.4. The summed E-state index contributed by atoms with van der Waals surface area (Å²) in [7, 11) is 0. The van der Waals surface area contributed by atoms with E-state index in [2.05, 4.69) is 15.6 Å². The van der Waals surface area contributed by atoms with Gasteiger partial charge in [-0.2, -0.15) is 0 Å². The number of carbonyl (C=O) groups excluding carboxylic acids is 2. The van der Waals surface area contributed by atoms with Crippen LogP contribution in [0.15, 0.2) is 54.7 Å². The number of benzene rings is 1. The molecule has 24 heavy (non-hydrogen) atoms. The summed E-state index contributed by atoms with van der Waals surface area (Å²) in [6, 6.07) is 14.2. The van der Waals surface area contributed by atoms with Gasteiger partial charge in [-0.1, -0.05) is 24.3 Å². The van der Waals surface area contributed by atoms with Crippen molar-refractivity contribution in [3.63, 3.8) is 0 Å². The average Bonchev–Trinajstić information content (AvgIpc) is 2.63. The van der Waals surface area contributed by atoms with Crippen molar-refractivity contribution < 1.29 is 9.59 Å². The fourth-order valence-electron chi connectivity index (χ4n) is 2.82. The molecule has 1 aliphatic rings. The molecule has 1 saturated heterocycles. The number of nitrogens with zero attached hydrogens (tertiary/aromatic N) is 2. The Kier molecular flexibility index (Phi) is 5.05. The van der Waals surface area contributed by atoms with Crippen molar-refractivity contribution >= 4 is 17.8 Å². The van der Waals surface area contributed by atoms with Crippen LogP contribution in [0, 0.1) is 0 Å². The zero-order chi connectivity index (χ0) is 16.8. The molecule has 0 bridgehead atoms. The summed E-state index contributed by atoms with van der Waals surface area (Å²) in [5, 5.41) is 5.62. The maximum atomic E-state index is 12.5. The topological polar surface area (TPSA) is 74.3 Å². The van der Waals surface area contributed by atoms with Crippen LogP contribution >= 0.6 is 0 Å². The van der Waals surface area contributed by atoms with E-state index >= 15 is 0 Å². The third kappa shape index (κ3) is 4.10. The minimum atomic E-state index is -0.298. The van der Waals surface area contributed by atoms with Crippen LogP contribution in [-0.4, -0.2) is 41.0 Å². The first-order valence-corrected chi connectivity index (χ1v) is 8.05. The summed E-state index contributed by atoms with van der Waals surface area (Å²) in [6.07, 6.45) is 3.35. The molecular formula is C18H20N4O2. The van der Waals surface area contributed by atoms with Crippen LogP contribution in [0.2, 0.25) is 0 Å². The number of hydrogen-bond acceptors (Lipinski definition) is 3. The van der Waals surface area contributed by atoms with Crippen LogP contribution in [0.3, 0.4) is 0 Å². The van der Waals surface area contributed by atoms with Gasteiger partial charge in [0.05, 0.1) is 0 Å². The molecule has 124 valence electrons. The predicted octanol–water partition coefficient (Wildman–Crippen LogP) is 2.51. The molecule has 2 N–H and O–H groups in total. The van der Waals surface area contributed by atoms with E-state index in [1.807, 2.05) is 36.4 Å². The molecule has 3 rings (SSSR count). The first-order chi connectivity index (χ1) is 11.7. The lowest BCUT2D eigenvalue weighted by atomic mass is 10.0. The number of anilines is 1. The molecule has 1 atom stereocenters. The molecule has 1 fully saturated rings. The maximum Gasteiger partial charge on any atom is 0.320 e. The molecule has 0 spiro atoms. The van der Waals surface area contributed by atoms with Gasteiger partial charge in [0.2, 0.25) is 0 Å². The van der Waals surface area contributed by atoms with Crippen molar-refractivity contribution in [3.8, 4) is 0 Å². The van der Waals surface area contributed by atoms with Gasteiger partial charge in [0.1, 0.15) is 5.82 Å². The fraction of sp³-hybridized carbons (Fsp3) is 0.278. The van der Waals surface area contributed by atoms with E-state index in [0.717, 1.165) is 12.8 Å². The molecule has 0 aliphatic carbocycles. The van der Waals surface area contributed by atoms with Gasteiger partial charge in [0.25, 0.3) is 5.91 Å². The van der Waals surface area contributed by atoms with Crippen LogP contribution in [0.1, 0.15) is 23.2 Å². The van der Waals surface area contributed by atoms with Crippen LogP contribution in [0.4, 0.5) is 10.6 Å². The molecular weight excluding hydrogens is 304 g/mol. The number of urea groups is 1. The summed E-state index contributed by atoms with van der Waals surface area (Å²) in [6.45, 7) is 1.23. The normalized spacial score (nSPS) is 17.2. The molecule has 1 aliphatic heterocycles. The predicted molar refractivity (Wildman–Crippen MR) is 91.8 cm³/mol. The zero-order valence-electron chi connectivity index (χ0n) is 13.3. The second-order valence-electron chi connectivity index (χ2n) is 5.77. The monoisotopic (exact) mass is 324 g/mol. The number of likely N-dealkylation sites (tertiary alicyclic amines) is 1. The number of rotatable bonds is 3. The van der Waals surface area contributed by atoms with Gasteiger partial charge in [-0.3, -0.25) is 10.1 Å². The highest BCUT2D eigenvalue weighted by atomic mass is 16.2. The Hall–Kier alpha value is -2.89. The molecule has 2 aromatic rings. The average molecular weight is 324 g/mol. The van der Waals surface area contributed by atoms with Crippen LogP contribution in [-0.2, 0) is 0 Å². The highest BCUT2D eigenvalue weighted by molar-refractivity contribution is 5.94. The minimum absolute atomic E-state index is 0.00670. The maximum absolute atomic E-state index is 12.5. The first-order valence-electron chi connectivity index (χ1n) is 8.05. The summed E-state index contributed by atoms with van der Waals surface area (Å²) >= 11 is 0. The number of pyridine rings is 1. The van der Waals surface area contributed by atoms with E-state index in [9.17, 15) is 9.59 Å². The van der Waals surface area contributed by atoms with E-state index in [-0.39, 0.29) is 18.0 Å². The SMILES string of the molecule is O=C(Nc1ccccn1)N[C@@H]1CCCN(C(=O)c2ccccc2)C1. The first kappa shape index (κ1) is 16.0. The fourth-order valence-corrected chi connectivity index (χ4v) is 2.82. The quantitative estimate of drug-likeness (QED) is 0.911. The smallest absolute Gasteiger partial charge is 0.320 e.